The van der Waals surface area contributed by atoms with Crippen LogP contribution < -0.4 is 5.43 Å². The Balaban J connectivity index is 1.71. The smallest absolute Gasteiger partial charge is 0.248 e. The second-order valence-electron chi connectivity index (χ2n) is 5.59. The van der Waals surface area contributed by atoms with E-state index in [9.17, 15) is 4.79 Å². The second-order valence-corrected chi connectivity index (χ2v) is 6.50. The highest BCUT2D eigenvalue weighted by molar-refractivity contribution is 9.10. The fourth-order valence-corrected chi connectivity index (χ4v) is 3.25. The van der Waals surface area contributed by atoms with E-state index >= 15 is 0 Å². The summed E-state index contributed by atoms with van der Waals surface area (Å²) >= 11 is 3.44. The first-order valence-electron chi connectivity index (χ1n) is 7.41. The van der Waals surface area contributed by atoms with Crippen molar-refractivity contribution in [2.45, 2.75) is 12.3 Å². The van der Waals surface area contributed by atoms with E-state index in [1.807, 2.05) is 54.7 Å². The summed E-state index contributed by atoms with van der Waals surface area (Å²) in [6.45, 7) is 0. The first-order chi connectivity index (χ1) is 11.2. The first kappa shape index (κ1) is 14.2. The molecule has 0 saturated carbocycles. The number of carbonyl (C=O) groups is 1. The number of rotatable bonds is 2. The van der Waals surface area contributed by atoms with Gasteiger partial charge in [-0.15, -0.1) is 0 Å². The summed E-state index contributed by atoms with van der Waals surface area (Å²) in [5, 5.41) is 5.33. The standard InChI is InChI=1S/C18H14BrN3O/c19-12-7-5-11(6-8-12)17-9-14(18(23)22-21-17)15-10-20-16-4-2-1-3-13(15)16/h1-8,10,14,20H,9H2,(H,22,23)/t14-/m1/s1. The van der Waals surface area contributed by atoms with Crippen LogP contribution in [0.3, 0.4) is 0 Å². The molecular weight excluding hydrogens is 354 g/mol. The van der Waals surface area contributed by atoms with Crippen LogP contribution in [0.5, 0.6) is 0 Å². The molecule has 1 aromatic heterocycles. The van der Waals surface area contributed by atoms with Gasteiger partial charge in [-0.05, 0) is 29.3 Å². The lowest BCUT2D eigenvalue weighted by atomic mass is 9.89. The molecule has 4 nitrogen and oxygen atoms in total. The highest BCUT2D eigenvalue weighted by atomic mass is 79.9. The number of nitrogens with one attached hydrogen (secondary N) is 2. The van der Waals surface area contributed by atoms with Crippen molar-refractivity contribution in [2.24, 2.45) is 5.10 Å². The van der Waals surface area contributed by atoms with E-state index < -0.39 is 0 Å². The maximum Gasteiger partial charge on any atom is 0.248 e. The molecule has 2 N–H and O–H groups in total. The molecule has 0 radical (unpaired) electrons. The molecule has 5 heteroatoms. The minimum atomic E-state index is -0.234. The Morgan fingerprint density at radius 3 is 2.70 bits per heavy atom. The summed E-state index contributed by atoms with van der Waals surface area (Å²) in [5.41, 5.74) is 6.65. The van der Waals surface area contributed by atoms with Crippen LogP contribution in [-0.2, 0) is 4.79 Å². The molecule has 0 unspecified atom stereocenters. The third-order valence-electron chi connectivity index (χ3n) is 4.19. The summed E-state index contributed by atoms with van der Waals surface area (Å²) in [6, 6.07) is 16.0. The number of para-hydroxylation sites is 1. The maximum atomic E-state index is 12.3. The van der Waals surface area contributed by atoms with Crippen LogP contribution in [-0.4, -0.2) is 16.6 Å². The Morgan fingerprint density at radius 2 is 1.87 bits per heavy atom. The minimum absolute atomic E-state index is 0.0596. The van der Waals surface area contributed by atoms with E-state index in [-0.39, 0.29) is 11.8 Å². The molecule has 114 valence electrons. The molecule has 0 bridgehead atoms. The lowest BCUT2D eigenvalue weighted by molar-refractivity contribution is -0.122. The van der Waals surface area contributed by atoms with Crippen molar-refractivity contribution in [2.75, 3.05) is 0 Å². The van der Waals surface area contributed by atoms with Crippen LogP contribution in [0.15, 0.2) is 64.3 Å². The number of H-pyrrole nitrogens is 1. The molecule has 1 atom stereocenters. The van der Waals surface area contributed by atoms with Crippen LogP contribution in [0.1, 0.15) is 23.5 Å². The number of aromatic amines is 1. The van der Waals surface area contributed by atoms with Gasteiger partial charge in [-0.1, -0.05) is 46.3 Å². The minimum Gasteiger partial charge on any atom is -0.361 e. The van der Waals surface area contributed by atoms with Gasteiger partial charge in [0.05, 0.1) is 11.6 Å². The number of hydrazone groups is 1. The van der Waals surface area contributed by atoms with Crippen LogP contribution in [0.2, 0.25) is 0 Å². The van der Waals surface area contributed by atoms with Crippen molar-refractivity contribution in [1.82, 2.24) is 10.4 Å². The van der Waals surface area contributed by atoms with Crippen LogP contribution in [0, 0.1) is 0 Å². The molecule has 1 aliphatic heterocycles. The van der Waals surface area contributed by atoms with Gasteiger partial charge in [0.2, 0.25) is 5.91 Å². The van der Waals surface area contributed by atoms with Gasteiger partial charge in [-0.3, -0.25) is 4.79 Å². The fourth-order valence-electron chi connectivity index (χ4n) is 2.99. The number of fused-ring (bicyclic) bond motifs is 1. The Kier molecular flexibility index (Phi) is 3.50. The molecule has 4 rings (SSSR count). The van der Waals surface area contributed by atoms with Crippen molar-refractivity contribution in [1.29, 1.82) is 0 Å². The quantitative estimate of drug-likeness (QED) is 0.707. The van der Waals surface area contributed by atoms with Gasteiger partial charge in [0, 0.05) is 28.0 Å². The Labute approximate surface area is 141 Å². The fraction of sp³-hybridized carbons (Fsp3) is 0.111. The monoisotopic (exact) mass is 367 g/mol. The number of nitrogens with zero attached hydrogens (tertiary/aromatic N) is 1. The Bertz CT molecular complexity index is 911. The predicted octanol–water partition coefficient (Wildman–Crippen LogP) is 3.94. The van der Waals surface area contributed by atoms with Crippen molar-refractivity contribution in [3.63, 3.8) is 0 Å². The summed E-state index contributed by atoms with van der Waals surface area (Å²) in [6.07, 6.45) is 2.52. The van der Waals surface area contributed by atoms with E-state index in [1.165, 1.54) is 0 Å². The molecular formula is C18H14BrN3O. The first-order valence-corrected chi connectivity index (χ1v) is 8.20. The van der Waals surface area contributed by atoms with E-state index in [2.05, 4.69) is 31.4 Å². The summed E-state index contributed by atoms with van der Waals surface area (Å²) in [7, 11) is 0. The van der Waals surface area contributed by atoms with Gasteiger partial charge in [-0.25, -0.2) is 5.43 Å². The zero-order chi connectivity index (χ0) is 15.8. The number of hydrogen-bond acceptors (Lipinski definition) is 2. The third-order valence-corrected chi connectivity index (χ3v) is 4.72. The molecule has 1 aliphatic rings. The topological polar surface area (TPSA) is 57.2 Å². The normalized spacial score (nSPS) is 17.9. The summed E-state index contributed by atoms with van der Waals surface area (Å²) < 4.78 is 1.02. The third kappa shape index (κ3) is 2.57. The lowest BCUT2D eigenvalue weighted by Crippen LogP contribution is -2.33. The second kappa shape index (κ2) is 5.66. The van der Waals surface area contributed by atoms with Gasteiger partial charge in [0.25, 0.3) is 0 Å². The van der Waals surface area contributed by atoms with Gasteiger partial charge in [-0.2, -0.15) is 5.10 Å². The van der Waals surface area contributed by atoms with Crippen molar-refractivity contribution >= 4 is 38.5 Å². The SMILES string of the molecule is O=C1NN=C(c2ccc(Br)cc2)C[C@@H]1c1c[nH]c2ccccc12. The van der Waals surface area contributed by atoms with E-state index in [0.717, 1.165) is 32.2 Å². The average molecular weight is 368 g/mol. The van der Waals surface area contributed by atoms with Gasteiger partial charge in [0.1, 0.15) is 0 Å². The lowest BCUT2D eigenvalue weighted by Gasteiger charge is -2.21. The molecule has 0 fully saturated rings. The number of benzene rings is 2. The number of halogens is 1. The summed E-state index contributed by atoms with van der Waals surface area (Å²) in [5.74, 6) is -0.294. The largest absolute Gasteiger partial charge is 0.361 e. The number of hydrogen-bond donors (Lipinski definition) is 2. The molecule has 2 heterocycles. The van der Waals surface area contributed by atoms with Crippen LogP contribution in [0.25, 0.3) is 10.9 Å². The zero-order valence-corrected chi connectivity index (χ0v) is 13.8. The predicted molar refractivity (Wildman–Crippen MR) is 94.5 cm³/mol. The van der Waals surface area contributed by atoms with Gasteiger partial charge in [0.15, 0.2) is 0 Å². The molecule has 23 heavy (non-hydrogen) atoms. The molecule has 0 aliphatic carbocycles. The highest BCUT2D eigenvalue weighted by Gasteiger charge is 2.29. The van der Waals surface area contributed by atoms with Gasteiger partial charge < -0.3 is 4.98 Å². The molecule has 2 aromatic carbocycles. The Morgan fingerprint density at radius 1 is 1.09 bits per heavy atom. The maximum absolute atomic E-state index is 12.3. The van der Waals surface area contributed by atoms with E-state index in [0.29, 0.717) is 6.42 Å². The molecule has 1 amide bonds. The zero-order valence-electron chi connectivity index (χ0n) is 12.2. The average Bonchev–Trinajstić information content (AvgIpc) is 3.00. The highest BCUT2D eigenvalue weighted by Crippen LogP contribution is 2.31. The molecule has 0 saturated heterocycles. The number of aromatic nitrogens is 1. The van der Waals surface area contributed by atoms with E-state index in [1.54, 1.807) is 0 Å². The molecule has 3 aromatic rings. The summed E-state index contributed by atoms with van der Waals surface area (Å²) in [4.78, 5) is 15.6. The Hall–Kier alpha value is -2.40. The number of carbonyl (C=O) groups excluding carboxylic acids is 1. The molecule has 0 spiro atoms. The number of amides is 1. The van der Waals surface area contributed by atoms with Crippen molar-refractivity contribution in [3.05, 3.63) is 70.3 Å². The van der Waals surface area contributed by atoms with Gasteiger partial charge >= 0.3 is 0 Å². The van der Waals surface area contributed by atoms with Crippen molar-refractivity contribution < 1.29 is 4.79 Å². The van der Waals surface area contributed by atoms with E-state index in [4.69, 9.17) is 0 Å². The van der Waals surface area contributed by atoms with Crippen molar-refractivity contribution in [3.8, 4) is 0 Å². The van der Waals surface area contributed by atoms with Crippen LogP contribution in [0.4, 0.5) is 0 Å². The van der Waals surface area contributed by atoms with Crippen LogP contribution >= 0.6 is 15.9 Å².